The van der Waals surface area contributed by atoms with E-state index in [-0.39, 0.29) is 5.91 Å². The summed E-state index contributed by atoms with van der Waals surface area (Å²) in [4.78, 5) is 22.6. The van der Waals surface area contributed by atoms with Crippen LogP contribution in [0.3, 0.4) is 0 Å². The molecule has 0 spiro atoms. The minimum absolute atomic E-state index is 0.267. The van der Waals surface area contributed by atoms with Gasteiger partial charge in [0.1, 0.15) is 12.0 Å². The fourth-order valence-corrected chi connectivity index (χ4v) is 1.79. The third-order valence-electron chi connectivity index (χ3n) is 2.81. The molecule has 4 nitrogen and oxygen atoms in total. The van der Waals surface area contributed by atoms with Crippen molar-refractivity contribution in [2.45, 2.75) is 13.0 Å². The number of anilines is 1. The van der Waals surface area contributed by atoms with Gasteiger partial charge in [-0.3, -0.25) is 9.59 Å². The van der Waals surface area contributed by atoms with E-state index in [0.29, 0.717) is 22.0 Å². The molecule has 21 heavy (non-hydrogen) atoms. The van der Waals surface area contributed by atoms with Crippen LogP contribution in [0.5, 0.6) is 5.75 Å². The van der Waals surface area contributed by atoms with Crippen LogP contribution in [0, 0.1) is 0 Å². The molecular weight excluding hydrogens is 290 g/mol. The quantitative estimate of drug-likeness (QED) is 0.859. The summed E-state index contributed by atoms with van der Waals surface area (Å²) in [6.45, 7) is 1.65. The lowest BCUT2D eigenvalue weighted by molar-refractivity contribution is -0.122. The molecule has 0 aliphatic carbocycles. The zero-order chi connectivity index (χ0) is 15.2. The maximum Gasteiger partial charge on any atom is 0.265 e. The highest BCUT2D eigenvalue weighted by molar-refractivity contribution is 6.30. The SMILES string of the molecule is CC(Oc1ccc(C=O)cc1)C(=O)Nc1ccc(Cl)cc1. The predicted octanol–water partition coefficient (Wildman–Crippen LogP) is 3.56. The number of benzene rings is 2. The number of carbonyl (C=O) groups excluding carboxylic acids is 2. The zero-order valence-electron chi connectivity index (χ0n) is 11.4. The van der Waals surface area contributed by atoms with Crippen molar-refractivity contribution in [2.75, 3.05) is 5.32 Å². The van der Waals surface area contributed by atoms with Gasteiger partial charge in [0.05, 0.1) is 0 Å². The average molecular weight is 304 g/mol. The Bertz CT molecular complexity index is 623. The smallest absolute Gasteiger partial charge is 0.265 e. The van der Waals surface area contributed by atoms with Crippen LogP contribution in [-0.4, -0.2) is 18.3 Å². The molecule has 0 radical (unpaired) electrons. The highest BCUT2D eigenvalue weighted by Crippen LogP contribution is 2.16. The van der Waals surface area contributed by atoms with Crippen molar-refractivity contribution >= 4 is 29.5 Å². The van der Waals surface area contributed by atoms with E-state index in [1.54, 1.807) is 55.5 Å². The summed E-state index contributed by atoms with van der Waals surface area (Å²) >= 11 is 5.78. The van der Waals surface area contributed by atoms with Gasteiger partial charge in [-0.15, -0.1) is 0 Å². The number of hydrogen-bond donors (Lipinski definition) is 1. The van der Waals surface area contributed by atoms with Gasteiger partial charge in [0.15, 0.2) is 6.10 Å². The van der Waals surface area contributed by atoms with Crippen LogP contribution in [0.1, 0.15) is 17.3 Å². The van der Waals surface area contributed by atoms with Gasteiger partial charge in [0.2, 0.25) is 0 Å². The first kappa shape index (κ1) is 15.1. The summed E-state index contributed by atoms with van der Waals surface area (Å²) in [5.41, 5.74) is 1.21. The Morgan fingerprint density at radius 2 is 1.76 bits per heavy atom. The van der Waals surface area contributed by atoms with Gasteiger partial charge in [-0.05, 0) is 55.5 Å². The molecule has 0 aromatic heterocycles. The number of nitrogens with one attached hydrogen (secondary N) is 1. The van der Waals surface area contributed by atoms with E-state index >= 15 is 0 Å². The molecule has 0 fully saturated rings. The molecule has 0 aliphatic rings. The first-order valence-electron chi connectivity index (χ1n) is 6.37. The summed E-state index contributed by atoms with van der Waals surface area (Å²) in [7, 11) is 0. The van der Waals surface area contributed by atoms with Crippen LogP contribution in [0.25, 0.3) is 0 Å². The Morgan fingerprint density at radius 1 is 1.14 bits per heavy atom. The van der Waals surface area contributed by atoms with Crippen LogP contribution in [0.4, 0.5) is 5.69 Å². The van der Waals surface area contributed by atoms with E-state index in [2.05, 4.69) is 5.32 Å². The molecular formula is C16H14ClNO3. The monoisotopic (exact) mass is 303 g/mol. The molecule has 0 saturated carbocycles. The van der Waals surface area contributed by atoms with E-state index < -0.39 is 6.10 Å². The van der Waals surface area contributed by atoms with Crippen LogP contribution in [0.15, 0.2) is 48.5 Å². The van der Waals surface area contributed by atoms with Gasteiger partial charge in [-0.1, -0.05) is 11.6 Å². The lowest BCUT2D eigenvalue weighted by Gasteiger charge is -2.14. The van der Waals surface area contributed by atoms with E-state index in [9.17, 15) is 9.59 Å². The van der Waals surface area contributed by atoms with Crippen molar-refractivity contribution in [1.82, 2.24) is 0 Å². The van der Waals surface area contributed by atoms with Gasteiger partial charge >= 0.3 is 0 Å². The van der Waals surface area contributed by atoms with E-state index in [1.165, 1.54) is 0 Å². The standard InChI is InChI=1S/C16H14ClNO3/c1-11(21-15-8-2-12(10-19)3-9-15)16(20)18-14-6-4-13(17)5-7-14/h2-11H,1H3,(H,18,20). The molecule has 1 atom stereocenters. The minimum Gasteiger partial charge on any atom is -0.481 e. The Morgan fingerprint density at radius 3 is 2.33 bits per heavy atom. The van der Waals surface area contributed by atoms with Crippen molar-refractivity contribution in [3.63, 3.8) is 0 Å². The van der Waals surface area contributed by atoms with Gasteiger partial charge < -0.3 is 10.1 Å². The van der Waals surface area contributed by atoms with Crippen LogP contribution >= 0.6 is 11.6 Å². The summed E-state index contributed by atoms with van der Waals surface area (Å²) in [5, 5.41) is 3.34. The first-order chi connectivity index (χ1) is 10.1. The second-order valence-corrected chi connectivity index (χ2v) is 4.88. The fourth-order valence-electron chi connectivity index (χ4n) is 1.66. The van der Waals surface area contributed by atoms with Crippen molar-refractivity contribution in [3.8, 4) is 5.75 Å². The van der Waals surface area contributed by atoms with Crippen molar-refractivity contribution in [2.24, 2.45) is 0 Å². The van der Waals surface area contributed by atoms with Crippen molar-refractivity contribution in [1.29, 1.82) is 0 Å². The molecule has 2 aromatic rings. The Balaban J connectivity index is 1.95. The van der Waals surface area contributed by atoms with Crippen LogP contribution < -0.4 is 10.1 Å². The van der Waals surface area contributed by atoms with Crippen molar-refractivity contribution < 1.29 is 14.3 Å². The van der Waals surface area contributed by atoms with Gasteiger partial charge in [-0.2, -0.15) is 0 Å². The third kappa shape index (κ3) is 4.33. The molecule has 0 heterocycles. The normalized spacial score (nSPS) is 11.5. The summed E-state index contributed by atoms with van der Waals surface area (Å²) in [5.74, 6) is 0.260. The number of ether oxygens (including phenoxy) is 1. The lowest BCUT2D eigenvalue weighted by atomic mass is 10.2. The van der Waals surface area contributed by atoms with E-state index in [1.807, 2.05) is 0 Å². The summed E-state index contributed by atoms with van der Waals surface area (Å²) in [6, 6.07) is 13.4. The fraction of sp³-hybridized carbons (Fsp3) is 0.125. The number of rotatable bonds is 5. The molecule has 1 unspecified atom stereocenters. The molecule has 2 rings (SSSR count). The van der Waals surface area contributed by atoms with Crippen LogP contribution in [0.2, 0.25) is 5.02 Å². The summed E-state index contributed by atoms with van der Waals surface area (Å²) in [6.07, 6.45) is 0.0863. The second-order valence-electron chi connectivity index (χ2n) is 4.44. The molecule has 0 saturated heterocycles. The lowest BCUT2D eigenvalue weighted by Crippen LogP contribution is -2.30. The Kier molecular flexibility index (Phi) is 4.95. The predicted molar refractivity (Wildman–Crippen MR) is 82.0 cm³/mol. The average Bonchev–Trinajstić information content (AvgIpc) is 2.50. The number of hydrogen-bond acceptors (Lipinski definition) is 3. The number of halogens is 1. The van der Waals surface area contributed by atoms with Crippen LogP contribution in [-0.2, 0) is 4.79 Å². The maximum atomic E-state index is 12.0. The van der Waals surface area contributed by atoms with E-state index in [4.69, 9.17) is 16.3 Å². The molecule has 1 amide bonds. The van der Waals surface area contributed by atoms with Gasteiger partial charge in [0, 0.05) is 16.3 Å². The Hall–Kier alpha value is -2.33. The third-order valence-corrected chi connectivity index (χ3v) is 3.06. The highest BCUT2D eigenvalue weighted by atomic mass is 35.5. The zero-order valence-corrected chi connectivity index (χ0v) is 12.1. The molecule has 2 aromatic carbocycles. The van der Waals surface area contributed by atoms with Gasteiger partial charge in [0.25, 0.3) is 5.91 Å². The minimum atomic E-state index is -0.664. The molecule has 1 N–H and O–H groups in total. The number of carbonyl (C=O) groups is 2. The molecule has 0 aliphatic heterocycles. The topological polar surface area (TPSA) is 55.4 Å². The summed E-state index contributed by atoms with van der Waals surface area (Å²) < 4.78 is 5.52. The Labute approximate surface area is 127 Å². The van der Waals surface area contributed by atoms with E-state index in [0.717, 1.165) is 6.29 Å². The first-order valence-corrected chi connectivity index (χ1v) is 6.74. The number of aldehydes is 1. The number of amides is 1. The largest absolute Gasteiger partial charge is 0.481 e. The molecule has 108 valence electrons. The molecule has 0 bridgehead atoms. The second kappa shape index (κ2) is 6.90. The van der Waals surface area contributed by atoms with Gasteiger partial charge in [-0.25, -0.2) is 0 Å². The molecule has 5 heteroatoms. The maximum absolute atomic E-state index is 12.0. The highest BCUT2D eigenvalue weighted by Gasteiger charge is 2.14. The van der Waals surface area contributed by atoms with Crippen molar-refractivity contribution in [3.05, 3.63) is 59.1 Å².